The van der Waals surface area contributed by atoms with Gasteiger partial charge in [-0.05, 0) is 121 Å². The maximum atomic E-state index is 10.8. The van der Waals surface area contributed by atoms with Crippen molar-refractivity contribution in [2.45, 2.75) is 124 Å². The quantitative estimate of drug-likeness (QED) is 0.443. The van der Waals surface area contributed by atoms with E-state index in [0.29, 0.717) is 33.5 Å². The summed E-state index contributed by atoms with van der Waals surface area (Å²) in [4.78, 5) is 0. The molecule has 0 aromatic carbocycles. The third-order valence-electron chi connectivity index (χ3n) is 13.7. The highest BCUT2D eigenvalue weighted by atomic mass is 16.3. The highest BCUT2D eigenvalue weighted by molar-refractivity contribution is 5.30. The third kappa shape index (κ3) is 3.03. The van der Waals surface area contributed by atoms with Crippen molar-refractivity contribution < 1.29 is 15.3 Å². The molecule has 33 heavy (non-hydrogen) atoms. The second-order valence-electron chi connectivity index (χ2n) is 14.8. The molecule has 2 spiro atoms. The van der Waals surface area contributed by atoms with Crippen LogP contribution in [0.1, 0.15) is 112 Å². The van der Waals surface area contributed by atoms with Crippen molar-refractivity contribution in [2.24, 2.45) is 56.7 Å². The van der Waals surface area contributed by atoms with Gasteiger partial charge in [-0.1, -0.05) is 41.5 Å². The Labute approximate surface area is 203 Å². The van der Waals surface area contributed by atoms with Gasteiger partial charge in [-0.3, -0.25) is 0 Å². The van der Waals surface area contributed by atoms with Crippen molar-refractivity contribution in [1.82, 2.24) is 0 Å². The second-order valence-corrected chi connectivity index (χ2v) is 14.8. The van der Waals surface area contributed by atoms with Crippen LogP contribution in [0.4, 0.5) is 0 Å². The van der Waals surface area contributed by atoms with Crippen LogP contribution in [0.25, 0.3) is 0 Å². The molecule has 5 saturated carbocycles. The van der Waals surface area contributed by atoms with Crippen LogP contribution in [-0.4, -0.2) is 34.1 Å². The molecule has 5 fully saturated rings. The molecule has 0 heterocycles. The Morgan fingerprint density at radius 1 is 0.788 bits per heavy atom. The Kier molecular flexibility index (Phi) is 5.72. The summed E-state index contributed by atoms with van der Waals surface area (Å²) in [5.41, 5.74) is 2.02. The molecule has 0 aromatic heterocycles. The lowest BCUT2D eigenvalue weighted by molar-refractivity contribution is -0.161. The Bertz CT molecular complexity index is 764. The molecule has 0 saturated heterocycles. The van der Waals surface area contributed by atoms with Crippen LogP contribution >= 0.6 is 0 Å². The van der Waals surface area contributed by atoms with Crippen molar-refractivity contribution >= 4 is 0 Å². The fourth-order valence-corrected chi connectivity index (χ4v) is 11.3. The summed E-state index contributed by atoms with van der Waals surface area (Å²) in [5, 5.41) is 30.7. The number of rotatable bonds is 6. The predicted molar refractivity (Wildman–Crippen MR) is 134 cm³/mol. The van der Waals surface area contributed by atoms with Gasteiger partial charge in [-0.2, -0.15) is 0 Å². The molecular weight excluding hydrogens is 408 g/mol. The molecule has 5 aliphatic carbocycles. The van der Waals surface area contributed by atoms with E-state index in [1.54, 1.807) is 0 Å². The topological polar surface area (TPSA) is 60.7 Å². The summed E-state index contributed by atoms with van der Waals surface area (Å²) >= 11 is 0. The molecule has 0 aromatic rings. The van der Waals surface area contributed by atoms with Crippen LogP contribution in [0, 0.1) is 56.7 Å². The molecule has 0 amide bonds. The van der Waals surface area contributed by atoms with E-state index in [4.69, 9.17) is 0 Å². The first-order chi connectivity index (χ1) is 15.4. The van der Waals surface area contributed by atoms with Gasteiger partial charge in [0.25, 0.3) is 0 Å². The first-order valence-electron chi connectivity index (χ1n) is 14.4. The number of hydrogen-bond donors (Lipinski definition) is 3. The van der Waals surface area contributed by atoms with Gasteiger partial charge in [-0.15, -0.1) is 0 Å². The first kappa shape index (κ1) is 24.6. The molecule has 0 radical (unpaired) electrons. The lowest BCUT2D eigenvalue weighted by atomic mass is 9.41. The molecule has 7 unspecified atom stereocenters. The van der Waals surface area contributed by atoms with Crippen LogP contribution in [0.2, 0.25) is 0 Å². The van der Waals surface area contributed by atoms with Gasteiger partial charge >= 0.3 is 0 Å². The van der Waals surface area contributed by atoms with Gasteiger partial charge in [0.15, 0.2) is 0 Å². The maximum absolute atomic E-state index is 10.8. The average Bonchev–Trinajstić information content (AvgIpc) is 3.36. The van der Waals surface area contributed by atoms with Gasteiger partial charge < -0.3 is 15.3 Å². The highest BCUT2D eigenvalue weighted by Gasteiger charge is 2.82. The Morgan fingerprint density at radius 2 is 1.45 bits per heavy atom. The lowest BCUT2D eigenvalue weighted by Gasteiger charge is -2.63. The minimum Gasteiger partial charge on any atom is -0.396 e. The fourth-order valence-electron chi connectivity index (χ4n) is 11.3. The minimum absolute atomic E-state index is 0.0179. The number of aliphatic hydroxyl groups excluding tert-OH is 3. The summed E-state index contributed by atoms with van der Waals surface area (Å²) in [5.74, 6) is 2.95. The van der Waals surface area contributed by atoms with E-state index in [9.17, 15) is 15.3 Å². The predicted octanol–water partition coefficient (Wildman–Crippen LogP) is 6.19. The monoisotopic (exact) mass is 460 g/mol. The highest BCUT2D eigenvalue weighted by Crippen LogP contribution is 2.89. The molecule has 0 aliphatic heterocycles. The van der Waals surface area contributed by atoms with Crippen LogP contribution in [0.3, 0.4) is 0 Å². The Balaban J connectivity index is 1.36. The Hall–Kier alpha value is -0.120. The van der Waals surface area contributed by atoms with Gasteiger partial charge in [0.2, 0.25) is 0 Å². The fraction of sp³-hybridized carbons (Fsp3) is 1.00. The van der Waals surface area contributed by atoms with Crippen LogP contribution in [-0.2, 0) is 0 Å². The van der Waals surface area contributed by atoms with E-state index in [1.807, 2.05) is 6.92 Å². The normalized spacial score (nSPS) is 52.6. The van der Waals surface area contributed by atoms with Crippen molar-refractivity contribution in [1.29, 1.82) is 0 Å². The molecule has 11 atom stereocenters. The van der Waals surface area contributed by atoms with Crippen LogP contribution < -0.4 is 0 Å². The smallest absolute Gasteiger partial charge is 0.0594 e. The van der Waals surface area contributed by atoms with Gasteiger partial charge in [-0.25, -0.2) is 0 Å². The molecule has 3 heteroatoms. The van der Waals surface area contributed by atoms with Gasteiger partial charge in [0.05, 0.1) is 12.2 Å². The van der Waals surface area contributed by atoms with E-state index < -0.39 is 0 Å². The molecule has 190 valence electrons. The summed E-state index contributed by atoms with van der Waals surface area (Å²) in [7, 11) is 0. The van der Waals surface area contributed by atoms with E-state index in [1.165, 1.54) is 51.4 Å². The summed E-state index contributed by atoms with van der Waals surface area (Å²) in [6, 6.07) is 0. The number of aliphatic hydroxyl groups is 3. The van der Waals surface area contributed by atoms with E-state index in [2.05, 4.69) is 34.6 Å². The van der Waals surface area contributed by atoms with Crippen LogP contribution in [0.5, 0.6) is 0 Å². The SMILES string of the molecule is CC(CO)C(O)CCC(C)C1CC[C@@]2(C)C3CCC4C(C)(C)C(O)CC[C@@]45C[C@@]35CC[C@]12C. The largest absolute Gasteiger partial charge is 0.396 e. The zero-order valence-corrected chi connectivity index (χ0v) is 22.4. The standard InChI is InChI=1S/C30H52O3/c1-19(7-8-22(32)20(2)17-31)21-11-13-28(6)24-10-9-23-26(3,4)25(33)12-14-29(23)18-30(24,29)16-15-27(21,28)5/h19-25,31-33H,7-18H2,1-6H3/t19?,20?,21?,22?,23?,24?,25?,27-,28+,29-,30+/m1/s1. The molecular formula is C30H52O3. The third-order valence-corrected chi connectivity index (χ3v) is 13.7. The molecule has 5 aliphatic rings. The molecule has 3 N–H and O–H groups in total. The van der Waals surface area contributed by atoms with Crippen LogP contribution in [0.15, 0.2) is 0 Å². The Morgan fingerprint density at radius 3 is 2.15 bits per heavy atom. The van der Waals surface area contributed by atoms with Gasteiger partial charge in [0, 0.05) is 12.5 Å². The number of hydrogen-bond acceptors (Lipinski definition) is 3. The first-order valence-corrected chi connectivity index (χ1v) is 14.4. The lowest BCUT2D eigenvalue weighted by Crippen LogP contribution is -2.57. The van der Waals surface area contributed by atoms with E-state index in [0.717, 1.165) is 31.1 Å². The van der Waals surface area contributed by atoms with Crippen molar-refractivity contribution in [3.05, 3.63) is 0 Å². The average molecular weight is 461 g/mol. The van der Waals surface area contributed by atoms with Crippen molar-refractivity contribution in [2.75, 3.05) is 6.61 Å². The van der Waals surface area contributed by atoms with Crippen molar-refractivity contribution in [3.8, 4) is 0 Å². The maximum Gasteiger partial charge on any atom is 0.0594 e. The summed E-state index contributed by atoms with van der Waals surface area (Å²) in [6.45, 7) is 14.5. The summed E-state index contributed by atoms with van der Waals surface area (Å²) < 4.78 is 0. The van der Waals surface area contributed by atoms with E-state index in [-0.39, 0.29) is 30.1 Å². The van der Waals surface area contributed by atoms with Crippen molar-refractivity contribution in [3.63, 3.8) is 0 Å². The number of fused-ring (bicyclic) bond motifs is 2. The minimum atomic E-state index is -0.376. The molecule has 0 bridgehead atoms. The second kappa shape index (κ2) is 7.69. The zero-order chi connectivity index (χ0) is 24.0. The molecule has 3 nitrogen and oxygen atoms in total. The van der Waals surface area contributed by atoms with Gasteiger partial charge in [0.1, 0.15) is 0 Å². The summed E-state index contributed by atoms with van der Waals surface area (Å²) in [6.07, 6.45) is 13.4. The molecule has 5 rings (SSSR count). The van der Waals surface area contributed by atoms with E-state index >= 15 is 0 Å². The zero-order valence-electron chi connectivity index (χ0n) is 22.4.